The fraction of sp³-hybridized carbons (Fsp3) is 0.400. The highest BCUT2D eigenvalue weighted by molar-refractivity contribution is 6.41. The summed E-state index contributed by atoms with van der Waals surface area (Å²) in [6.45, 7) is 6.92. The van der Waals surface area contributed by atoms with Crippen LogP contribution in [0.3, 0.4) is 0 Å². The highest BCUT2D eigenvalue weighted by Crippen LogP contribution is 2.44. The molecule has 4 amide bonds. The van der Waals surface area contributed by atoms with Crippen molar-refractivity contribution in [1.82, 2.24) is 25.2 Å². The first kappa shape index (κ1) is 39.8. The molecule has 15 nitrogen and oxygen atoms in total. The topological polar surface area (TPSA) is 157 Å². The minimum absolute atomic E-state index is 0.140. The SMILES string of the molecule is COc1cc(OC)c(Cl)c(NC(=O)N(C)c2cc(Nc3ccc(N4CCN(CC5CCN(c6cncc(C7CCC(=O)NC7=O)c6)CC5)CC4)cc3)ncn2)c1Cl. The summed E-state index contributed by atoms with van der Waals surface area (Å²) in [5, 5.41) is 8.77. The van der Waals surface area contributed by atoms with Crippen LogP contribution in [0.2, 0.25) is 10.0 Å². The fourth-order valence-corrected chi connectivity index (χ4v) is 8.14. The number of carbonyl (C=O) groups excluding carboxylic acids is 3. The van der Waals surface area contributed by atoms with Gasteiger partial charge in [-0.15, -0.1) is 0 Å². The van der Waals surface area contributed by atoms with Crippen molar-refractivity contribution >= 4 is 75.4 Å². The van der Waals surface area contributed by atoms with E-state index in [1.807, 2.05) is 18.3 Å². The molecule has 3 aliphatic rings. The van der Waals surface area contributed by atoms with Crippen LogP contribution in [-0.2, 0) is 9.59 Å². The Morgan fingerprint density at radius 1 is 0.877 bits per heavy atom. The number of nitrogens with zero attached hydrogens (tertiary/aromatic N) is 7. The first-order valence-corrected chi connectivity index (χ1v) is 19.7. The molecule has 0 bridgehead atoms. The van der Waals surface area contributed by atoms with Crippen molar-refractivity contribution in [2.75, 3.05) is 92.4 Å². The molecule has 2 aromatic heterocycles. The Kier molecular flexibility index (Phi) is 12.5. The Labute approximate surface area is 341 Å². The van der Waals surface area contributed by atoms with E-state index in [0.717, 1.165) is 81.3 Å². The molecule has 5 heterocycles. The lowest BCUT2D eigenvalue weighted by atomic mass is 9.91. The van der Waals surface area contributed by atoms with Crippen LogP contribution >= 0.6 is 23.2 Å². The van der Waals surface area contributed by atoms with E-state index in [4.69, 9.17) is 32.7 Å². The van der Waals surface area contributed by atoms with Crippen molar-refractivity contribution in [2.45, 2.75) is 31.6 Å². The molecule has 0 spiro atoms. The number of benzene rings is 2. The van der Waals surface area contributed by atoms with E-state index in [1.54, 1.807) is 25.4 Å². The van der Waals surface area contributed by atoms with E-state index >= 15 is 0 Å². The van der Waals surface area contributed by atoms with Crippen LogP contribution in [0.25, 0.3) is 0 Å². The molecular weight excluding hydrogens is 771 g/mol. The van der Waals surface area contributed by atoms with E-state index in [2.05, 4.69) is 63.8 Å². The number of hydrogen-bond acceptors (Lipinski definition) is 12. The van der Waals surface area contributed by atoms with Crippen molar-refractivity contribution in [2.24, 2.45) is 5.92 Å². The first-order chi connectivity index (χ1) is 27.6. The average molecular weight is 818 g/mol. The fourth-order valence-electron chi connectivity index (χ4n) is 7.54. The smallest absolute Gasteiger partial charge is 0.327 e. The molecule has 4 aromatic rings. The zero-order chi connectivity index (χ0) is 40.1. The first-order valence-electron chi connectivity index (χ1n) is 18.9. The number of piperazine rings is 1. The second-order valence-corrected chi connectivity index (χ2v) is 15.2. The van der Waals surface area contributed by atoms with Crippen LogP contribution in [0.4, 0.5) is 39.2 Å². The number of urea groups is 1. The molecule has 2 aromatic carbocycles. The van der Waals surface area contributed by atoms with Gasteiger partial charge < -0.3 is 29.9 Å². The van der Waals surface area contributed by atoms with E-state index < -0.39 is 6.03 Å². The van der Waals surface area contributed by atoms with E-state index in [9.17, 15) is 14.4 Å². The Hall–Kier alpha value is -5.38. The van der Waals surface area contributed by atoms with Crippen molar-refractivity contribution in [3.8, 4) is 11.5 Å². The molecule has 300 valence electrons. The van der Waals surface area contributed by atoms with Gasteiger partial charge in [-0.1, -0.05) is 23.2 Å². The quantitative estimate of drug-likeness (QED) is 0.148. The number of amides is 4. The summed E-state index contributed by atoms with van der Waals surface area (Å²) < 4.78 is 10.6. The maximum atomic E-state index is 13.2. The van der Waals surface area contributed by atoms with Gasteiger partial charge >= 0.3 is 6.03 Å². The van der Waals surface area contributed by atoms with Crippen LogP contribution in [0.15, 0.2) is 61.2 Å². The predicted octanol–water partition coefficient (Wildman–Crippen LogP) is 6.17. The van der Waals surface area contributed by atoms with Crippen molar-refractivity contribution in [3.05, 3.63) is 76.8 Å². The van der Waals surface area contributed by atoms with Crippen molar-refractivity contribution in [3.63, 3.8) is 0 Å². The lowest BCUT2D eigenvalue weighted by molar-refractivity contribution is -0.134. The number of nitrogens with one attached hydrogen (secondary N) is 3. The highest BCUT2D eigenvalue weighted by atomic mass is 35.5. The van der Waals surface area contributed by atoms with Gasteiger partial charge in [-0.3, -0.25) is 29.7 Å². The largest absolute Gasteiger partial charge is 0.495 e. The molecule has 17 heteroatoms. The number of anilines is 6. The monoisotopic (exact) mass is 816 g/mol. The number of pyridine rings is 1. The molecule has 3 N–H and O–H groups in total. The summed E-state index contributed by atoms with van der Waals surface area (Å²) >= 11 is 12.9. The normalized spacial score (nSPS) is 17.9. The van der Waals surface area contributed by atoms with Crippen LogP contribution < -0.4 is 40.1 Å². The molecule has 7 rings (SSSR count). The van der Waals surface area contributed by atoms with Gasteiger partial charge in [0.25, 0.3) is 0 Å². The third kappa shape index (κ3) is 9.27. The molecular formula is C40H46Cl2N10O5. The van der Waals surface area contributed by atoms with Gasteiger partial charge in [0.2, 0.25) is 11.8 Å². The molecule has 57 heavy (non-hydrogen) atoms. The molecule has 0 aliphatic carbocycles. The maximum absolute atomic E-state index is 13.2. The molecule has 0 saturated carbocycles. The number of piperidine rings is 2. The third-order valence-corrected chi connectivity index (χ3v) is 11.6. The van der Waals surface area contributed by atoms with Crippen LogP contribution in [0, 0.1) is 5.92 Å². The number of carbonyl (C=O) groups is 3. The van der Waals surface area contributed by atoms with E-state index in [1.165, 1.54) is 25.4 Å². The zero-order valence-electron chi connectivity index (χ0n) is 32.1. The Morgan fingerprint density at radius 2 is 1.56 bits per heavy atom. The van der Waals surface area contributed by atoms with Crippen LogP contribution in [0.5, 0.6) is 11.5 Å². The number of methoxy groups -OCH3 is 2. The Balaban J connectivity index is 0.869. The summed E-state index contributed by atoms with van der Waals surface area (Å²) in [6.07, 6.45) is 8.12. The maximum Gasteiger partial charge on any atom is 0.327 e. The Bertz CT molecular complexity index is 2060. The molecule has 3 saturated heterocycles. The van der Waals surface area contributed by atoms with Crippen LogP contribution in [0.1, 0.15) is 37.2 Å². The van der Waals surface area contributed by atoms with E-state index in [0.29, 0.717) is 41.9 Å². The van der Waals surface area contributed by atoms with Gasteiger partial charge in [0.05, 0.1) is 37.7 Å². The highest BCUT2D eigenvalue weighted by Gasteiger charge is 2.30. The third-order valence-electron chi connectivity index (χ3n) is 10.9. The number of aromatic nitrogens is 3. The predicted molar refractivity (Wildman–Crippen MR) is 222 cm³/mol. The van der Waals surface area contributed by atoms with Gasteiger partial charge in [0.1, 0.15) is 39.5 Å². The molecule has 0 radical (unpaired) electrons. The van der Waals surface area contributed by atoms with Gasteiger partial charge in [-0.2, -0.15) is 0 Å². The summed E-state index contributed by atoms with van der Waals surface area (Å²) in [4.78, 5) is 59.0. The lowest BCUT2D eigenvalue weighted by Crippen LogP contribution is -2.49. The average Bonchev–Trinajstić information content (AvgIpc) is 3.23. The summed E-state index contributed by atoms with van der Waals surface area (Å²) in [6, 6.07) is 13.0. The number of halogens is 2. The molecule has 1 unspecified atom stereocenters. The number of rotatable bonds is 11. The number of imide groups is 1. The summed E-state index contributed by atoms with van der Waals surface area (Å²) in [5.41, 5.74) is 4.09. The zero-order valence-corrected chi connectivity index (χ0v) is 33.6. The molecule has 1 atom stereocenters. The molecule has 3 fully saturated rings. The summed E-state index contributed by atoms with van der Waals surface area (Å²) in [5.74, 6) is 1.34. The second kappa shape index (κ2) is 17.8. The van der Waals surface area contributed by atoms with E-state index in [-0.39, 0.29) is 33.5 Å². The standard InChI is InChI=1S/C40H46Cl2N10O5/c1-49(40(55)48-38-36(41)31(56-2)19-32(57-3)37(38)42)34-20-33(44-24-45-34)46-27-4-6-28(7-5-27)52-16-14-50(15-17-52)23-25-10-12-51(13-11-25)29-18-26(21-43-22-29)30-8-9-35(53)47-39(30)54/h4-7,18-22,24-25,30H,8-17,23H2,1-3H3,(H,48,55)(H,44,45,46)(H,47,53,54). The summed E-state index contributed by atoms with van der Waals surface area (Å²) in [7, 11) is 4.49. The minimum atomic E-state index is -0.530. The van der Waals surface area contributed by atoms with Crippen molar-refractivity contribution in [1.29, 1.82) is 0 Å². The number of hydrogen-bond donors (Lipinski definition) is 3. The number of ether oxygens (including phenoxy) is 2. The second-order valence-electron chi connectivity index (χ2n) is 14.4. The minimum Gasteiger partial charge on any atom is -0.495 e. The van der Waals surface area contributed by atoms with Gasteiger partial charge in [0.15, 0.2) is 0 Å². The van der Waals surface area contributed by atoms with Gasteiger partial charge in [-0.25, -0.2) is 14.8 Å². The van der Waals surface area contributed by atoms with Crippen molar-refractivity contribution < 1.29 is 23.9 Å². The lowest BCUT2D eigenvalue weighted by Gasteiger charge is -2.40. The van der Waals surface area contributed by atoms with Gasteiger partial charge in [-0.05, 0) is 61.1 Å². The van der Waals surface area contributed by atoms with Crippen LogP contribution in [-0.4, -0.2) is 105 Å². The molecule has 3 aliphatic heterocycles. The Morgan fingerprint density at radius 3 is 2.23 bits per heavy atom. The van der Waals surface area contributed by atoms with Gasteiger partial charge in [0, 0.05) is 89.0 Å².